The molecular weight excluding hydrogens is 326 g/mol. The predicted octanol–water partition coefficient (Wildman–Crippen LogP) is 2.76. The Labute approximate surface area is 143 Å². The van der Waals surface area contributed by atoms with Gasteiger partial charge in [0.2, 0.25) is 0 Å². The van der Waals surface area contributed by atoms with Gasteiger partial charge in [-0.05, 0) is 23.6 Å². The summed E-state index contributed by atoms with van der Waals surface area (Å²) < 4.78 is 10.9. The molecule has 0 spiro atoms. The van der Waals surface area contributed by atoms with Gasteiger partial charge >= 0.3 is 0 Å². The summed E-state index contributed by atoms with van der Waals surface area (Å²) in [7, 11) is 3.25. The third-order valence-corrected chi connectivity index (χ3v) is 5.15. The maximum atomic E-state index is 10.7. The van der Waals surface area contributed by atoms with Crippen LogP contribution < -0.4 is 14.4 Å². The molecule has 24 heavy (non-hydrogen) atoms. The highest BCUT2D eigenvalue weighted by Gasteiger charge is 2.31. The molecule has 0 radical (unpaired) electrons. The molecule has 0 saturated carbocycles. The monoisotopic (exact) mass is 343 g/mol. The SMILES string of the molecule is COc1ccc(OC)c2c1CN(c1ncnc3sccc13)C[C@@H]2O. The number of β-amino-alcohol motifs (C(OH)–C–C–N with tert-alkyl or cyclic N) is 1. The summed E-state index contributed by atoms with van der Waals surface area (Å²) in [5.41, 5.74) is 1.72. The van der Waals surface area contributed by atoms with Gasteiger partial charge in [-0.3, -0.25) is 0 Å². The van der Waals surface area contributed by atoms with Crippen molar-refractivity contribution in [3.05, 3.63) is 41.0 Å². The summed E-state index contributed by atoms with van der Waals surface area (Å²) in [6, 6.07) is 5.71. The molecule has 3 aromatic rings. The second-order valence-corrected chi connectivity index (χ2v) is 6.49. The molecule has 1 atom stereocenters. The number of nitrogens with zero attached hydrogens (tertiary/aromatic N) is 3. The Bertz CT molecular complexity index is 896. The Hall–Kier alpha value is -2.38. The fraction of sp³-hybridized carbons (Fsp3) is 0.294. The van der Waals surface area contributed by atoms with Crippen molar-refractivity contribution in [3.63, 3.8) is 0 Å². The molecule has 1 aliphatic rings. The van der Waals surface area contributed by atoms with Crippen molar-refractivity contribution in [1.82, 2.24) is 9.97 Å². The number of methoxy groups -OCH3 is 2. The van der Waals surface area contributed by atoms with E-state index >= 15 is 0 Å². The van der Waals surface area contributed by atoms with Crippen LogP contribution in [0.5, 0.6) is 11.5 Å². The van der Waals surface area contributed by atoms with E-state index in [-0.39, 0.29) is 0 Å². The maximum Gasteiger partial charge on any atom is 0.141 e. The number of thiophene rings is 1. The second-order valence-electron chi connectivity index (χ2n) is 5.60. The zero-order valence-corrected chi connectivity index (χ0v) is 14.2. The van der Waals surface area contributed by atoms with Crippen LogP contribution in [0.15, 0.2) is 29.9 Å². The lowest BCUT2D eigenvalue weighted by molar-refractivity contribution is 0.169. The van der Waals surface area contributed by atoms with Crippen molar-refractivity contribution < 1.29 is 14.6 Å². The lowest BCUT2D eigenvalue weighted by Crippen LogP contribution is -2.34. The molecule has 0 amide bonds. The van der Waals surface area contributed by atoms with Crippen LogP contribution in [0, 0.1) is 0 Å². The first kappa shape index (κ1) is 15.2. The molecule has 1 N–H and O–H groups in total. The number of benzene rings is 1. The van der Waals surface area contributed by atoms with Crippen LogP contribution in [0.1, 0.15) is 17.2 Å². The van der Waals surface area contributed by atoms with Crippen LogP contribution >= 0.6 is 11.3 Å². The molecule has 4 rings (SSSR count). The normalized spacial score (nSPS) is 17.0. The van der Waals surface area contributed by atoms with Crippen LogP contribution in [0.4, 0.5) is 5.82 Å². The molecule has 124 valence electrons. The fourth-order valence-electron chi connectivity index (χ4n) is 3.27. The summed E-state index contributed by atoms with van der Waals surface area (Å²) in [6.45, 7) is 1.03. The van der Waals surface area contributed by atoms with Crippen molar-refractivity contribution in [2.75, 3.05) is 25.7 Å². The first-order valence-corrected chi connectivity index (χ1v) is 8.46. The van der Waals surface area contributed by atoms with Crippen molar-refractivity contribution in [2.45, 2.75) is 12.6 Å². The van der Waals surface area contributed by atoms with E-state index in [0.717, 1.165) is 32.9 Å². The van der Waals surface area contributed by atoms with Gasteiger partial charge in [-0.15, -0.1) is 11.3 Å². The zero-order valence-electron chi connectivity index (χ0n) is 13.4. The van der Waals surface area contributed by atoms with E-state index < -0.39 is 6.10 Å². The first-order chi connectivity index (χ1) is 11.7. The Balaban J connectivity index is 1.83. The summed E-state index contributed by atoms with van der Waals surface area (Å²) in [6.07, 6.45) is 0.890. The highest BCUT2D eigenvalue weighted by molar-refractivity contribution is 7.16. The largest absolute Gasteiger partial charge is 0.496 e. The summed E-state index contributed by atoms with van der Waals surface area (Å²) in [5.74, 6) is 2.25. The average molecular weight is 343 g/mol. The number of hydrogen-bond acceptors (Lipinski definition) is 7. The van der Waals surface area contributed by atoms with E-state index in [1.807, 2.05) is 23.6 Å². The number of rotatable bonds is 3. The number of aliphatic hydroxyl groups is 1. The molecule has 0 aliphatic carbocycles. The van der Waals surface area contributed by atoms with Gasteiger partial charge in [0.05, 0.1) is 26.2 Å². The van der Waals surface area contributed by atoms with Crippen LogP contribution in [-0.4, -0.2) is 35.8 Å². The van der Waals surface area contributed by atoms with E-state index in [1.165, 1.54) is 0 Å². The number of hydrogen-bond donors (Lipinski definition) is 1. The molecule has 3 heterocycles. The summed E-state index contributed by atoms with van der Waals surface area (Å²) in [4.78, 5) is 11.7. The van der Waals surface area contributed by atoms with Gasteiger partial charge in [-0.2, -0.15) is 0 Å². The average Bonchev–Trinajstić information content (AvgIpc) is 3.09. The van der Waals surface area contributed by atoms with Crippen LogP contribution in [-0.2, 0) is 6.54 Å². The molecular formula is C17H17N3O3S. The molecule has 0 fully saturated rings. The fourth-order valence-corrected chi connectivity index (χ4v) is 3.99. The van der Waals surface area contributed by atoms with Crippen molar-refractivity contribution in [2.24, 2.45) is 0 Å². The number of anilines is 1. The van der Waals surface area contributed by atoms with Crippen LogP contribution in [0.3, 0.4) is 0 Å². The van der Waals surface area contributed by atoms with Gasteiger partial charge < -0.3 is 19.5 Å². The maximum absolute atomic E-state index is 10.7. The molecule has 0 bridgehead atoms. The number of fused-ring (bicyclic) bond motifs is 2. The third kappa shape index (κ3) is 2.28. The van der Waals surface area contributed by atoms with Crippen LogP contribution in [0.2, 0.25) is 0 Å². The van der Waals surface area contributed by atoms with Gasteiger partial charge in [0.15, 0.2) is 0 Å². The highest BCUT2D eigenvalue weighted by Crippen LogP contribution is 2.41. The van der Waals surface area contributed by atoms with Gasteiger partial charge in [0.25, 0.3) is 0 Å². The third-order valence-electron chi connectivity index (χ3n) is 4.33. The Morgan fingerprint density at radius 2 is 1.96 bits per heavy atom. The topological polar surface area (TPSA) is 67.7 Å². The standard InChI is InChI=1S/C17H17N3O3S/c1-22-13-3-4-14(23-2)15-11(13)7-20(8-12(15)21)16-10-5-6-24-17(10)19-9-18-16/h3-6,9,12,21H,7-8H2,1-2H3/t12-/m0/s1. The van der Waals surface area contributed by atoms with Crippen molar-refractivity contribution >= 4 is 27.4 Å². The molecule has 2 aromatic heterocycles. The second kappa shape index (κ2) is 5.92. The van der Waals surface area contributed by atoms with Crippen LogP contribution in [0.25, 0.3) is 10.2 Å². The number of aliphatic hydroxyl groups excluding tert-OH is 1. The van der Waals surface area contributed by atoms with E-state index in [1.54, 1.807) is 31.9 Å². The minimum Gasteiger partial charge on any atom is -0.496 e. The van der Waals surface area contributed by atoms with E-state index in [4.69, 9.17) is 9.47 Å². The quantitative estimate of drug-likeness (QED) is 0.789. The molecule has 6 nitrogen and oxygen atoms in total. The minimum absolute atomic E-state index is 0.443. The molecule has 0 unspecified atom stereocenters. The van der Waals surface area contributed by atoms with Crippen molar-refractivity contribution in [3.8, 4) is 11.5 Å². The van der Waals surface area contributed by atoms with E-state index in [0.29, 0.717) is 18.8 Å². The predicted molar refractivity (Wildman–Crippen MR) is 93.0 cm³/mol. The highest BCUT2D eigenvalue weighted by atomic mass is 32.1. The van der Waals surface area contributed by atoms with Gasteiger partial charge in [-0.1, -0.05) is 0 Å². The Kier molecular flexibility index (Phi) is 3.74. The minimum atomic E-state index is -0.678. The van der Waals surface area contributed by atoms with E-state index in [2.05, 4.69) is 14.9 Å². The lowest BCUT2D eigenvalue weighted by Gasteiger charge is -2.34. The Morgan fingerprint density at radius 1 is 1.17 bits per heavy atom. The summed E-state index contributed by atoms with van der Waals surface area (Å²) >= 11 is 1.58. The Morgan fingerprint density at radius 3 is 2.75 bits per heavy atom. The van der Waals surface area contributed by atoms with E-state index in [9.17, 15) is 5.11 Å². The molecule has 1 aromatic carbocycles. The van der Waals surface area contributed by atoms with Gasteiger partial charge in [-0.25, -0.2) is 9.97 Å². The molecule has 1 aliphatic heterocycles. The van der Waals surface area contributed by atoms with Crippen molar-refractivity contribution in [1.29, 1.82) is 0 Å². The molecule has 0 saturated heterocycles. The smallest absolute Gasteiger partial charge is 0.141 e. The first-order valence-electron chi connectivity index (χ1n) is 7.58. The van der Waals surface area contributed by atoms with Gasteiger partial charge in [0.1, 0.15) is 34.6 Å². The number of ether oxygens (including phenoxy) is 2. The zero-order chi connectivity index (χ0) is 16.7. The lowest BCUT2D eigenvalue weighted by atomic mass is 9.95. The number of aromatic nitrogens is 2. The molecule has 7 heteroatoms. The summed E-state index contributed by atoms with van der Waals surface area (Å²) in [5, 5.41) is 13.7. The van der Waals surface area contributed by atoms with Gasteiger partial charge in [0, 0.05) is 17.7 Å².